The molecule has 5 nitrogen and oxygen atoms in total. The zero-order valence-corrected chi connectivity index (χ0v) is 11.9. The summed E-state index contributed by atoms with van der Waals surface area (Å²) in [5.74, 6) is -0.106. The lowest BCUT2D eigenvalue weighted by Crippen LogP contribution is -2.33. The van der Waals surface area contributed by atoms with Gasteiger partial charge in [0.2, 0.25) is 0 Å². The van der Waals surface area contributed by atoms with Gasteiger partial charge in [0.1, 0.15) is 5.69 Å². The van der Waals surface area contributed by atoms with E-state index in [0.717, 1.165) is 5.69 Å². The van der Waals surface area contributed by atoms with Crippen LogP contribution in [0.2, 0.25) is 0 Å². The van der Waals surface area contributed by atoms with E-state index in [2.05, 4.69) is 20.5 Å². The Morgan fingerprint density at radius 1 is 1.45 bits per heavy atom. The third-order valence-corrected chi connectivity index (χ3v) is 4.29. The van der Waals surface area contributed by atoms with E-state index < -0.39 is 0 Å². The molecule has 0 aliphatic carbocycles. The molecule has 20 heavy (non-hydrogen) atoms. The van der Waals surface area contributed by atoms with Gasteiger partial charge < -0.3 is 10.6 Å². The van der Waals surface area contributed by atoms with Crippen LogP contribution in [0.1, 0.15) is 36.7 Å². The van der Waals surface area contributed by atoms with E-state index in [1.165, 1.54) is 32.4 Å². The highest BCUT2D eigenvalue weighted by atomic mass is 16.1. The Bertz CT molecular complexity index is 491. The zero-order chi connectivity index (χ0) is 13.9. The lowest BCUT2D eigenvalue weighted by molar-refractivity contribution is 0.0951. The number of rotatable bonds is 4. The van der Waals surface area contributed by atoms with Crippen LogP contribution >= 0.6 is 0 Å². The first-order valence-corrected chi connectivity index (χ1v) is 7.53. The molecule has 3 heterocycles. The molecule has 2 N–H and O–H groups in total. The molecule has 1 amide bonds. The Labute approximate surface area is 119 Å². The molecule has 0 bridgehead atoms. The number of carbonyl (C=O) groups excluding carboxylic acids is 1. The predicted molar refractivity (Wildman–Crippen MR) is 78.9 cm³/mol. The van der Waals surface area contributed by atoms with Crippen LogP contribution in [0.3, 0.4) is 0 Å². The van der Waals surface area contributed by atoms with Gasteiger partial charge in [-0.15, -0.1) is 0 Å². The highest BCUT2D eigenvalue weighted by Gasteiger charge is 2.36. The SMILES string of the molecule is CCNC(=O)c1cc(NC2CCN3CCCC23)ccn1. The van der Waals surface area contributed by atoms with Crippen molar-refractivity contribution in [3.05, 3.63) is 24.0 Å². The first kappa shape index (κ1) is 13.4. The molecule has 5 heteroatoms. The fourth-order valence-electron chi connectivity index (χ4n) is 3.36. The summed E-state index contributed by atoms with van der Waals surface area (Å²) in [5.41, 5.74) is 1.48. The third-order valence-electron chi connectivity index (χ3n) is 4.29. The van der Waals surface area contributed by atoms with Gasteiger partial charge in [-0.25, -0.2) is 0 Å². The standard InChI is InChI=1S/C15H22N4O/c1-2-16-15(20)13-10-11(5-7-17-13)18-12-6-9-19-8-3-4-14(12)19/h5,7,10,12,14H,2-4,6,8-9H2,1H3,(H,16,20)(H,17,18). The van der Waals surface area contributed by atoms with Gasteiger partial charge in [0.15, 0.2) is 0 Å². The number of hydrogen-bond donors (Lipinski definition) is 2. The van der Waals surface area contributed by atoms with Crippen LogP contribution in [-0.2, 0) is 0 Å². The van der Waals surface area contributed by atoms with Gasteiger partial charge in [-0.05, 0) is 44.9 Å². The van der Waals surface area contributed by atoms with Crippen LogP contribution in [0.25, 0.3) is 0 Å². The fraction of sp³-hybridized carbons (Fsp3) is 0.600. The molecule has 0 aromatic carbocycles. The normalized spacial score (nSPS) is 25.4. The maximum absolute atomic E-state index is 11.8. The Hall–Kier alpha value is -1.62. The number of carbonyl (C=O) groups is 1. The first-order valence-electron chi connectivity index (χ1n) is 7.53. The van der Waals surface area contributed by atoms with Crippen molar-refractivity contribution in [1.29, 1.82) is 0 Å². The second-order valence-corrected chi connectivity index (χ2v) is 5.57. The summed E-state index contributed by atoms with van der Waals surface area (Å²) in [6.07, 6.45) is 5.48. The molecule has 2 aliphatic heterocycles. The fourth-order valence-corrected chi connectivity index (χ4v) is 3.36. The zero-order valence-electron chi connectivity index (χ0n) is 11.9. The molecule has 3 rings (SSSR count). The quantitative estimate of drug-likeness (QED) is 0.873. The molecule has 2 saturated heterocycles. The predicted octanol–water partition coefficient (Wildman–Crippen LogP) is 1.48. The number of nitrogens with zero attached hydrogens (tertiary/aromatic N) is 2. The second kappa shape index (κ2) is 5.79. The van der Waals surface area contributed by atoms with Crippen molar-refractivity contribution < 1.29 is 4.79 Å². The Balaban J connectivity index is 1.68. The summed E-state index contributed by atoms with van der Waals surface area (Å²) < 4.78 is 0. The Morgan fingerprint density at radius 3 is 3.20 bits per heavy atom. The second-order valence-electron chi connectivity index (χ2n) is 5.57. The highest BCUT2D eigenvalue weighted by molar-refractivity contribution is 5.93. The van der Waals surface area contributed by atoms with Gasteiger partial charge in [0.25, 0.3) is 5.91 Å². The number of aromatic nitrogens is 1. The number of amides is 1. The minimum absolute atomic E-state index is 0.106. The number of pyridine rings is 1. The van der Waals surface area contributed by atoms with Gasteiger partial charge in [0.05, 0.1) is 0 Å². The summed E-state index contributed by atoms with van der Waals surface area (Å²) in [6, 6.07) is 4.96. The average Bonchev–Trinajstić information content (AvgIpc) is 3.05. The lowest BCUT2D eigenvalue weighted by Gasteiger charge is -2.22. The van der Waals surface area contributed by atoms with Gasteiger partial charge in [-0.1, -0.05) is 0 Å². The molecule has 2 atom stereocenters. The summed E-state index contributed by atoms with van der Waals surface area (Å²) in [5, 5.41) is 6.37. The minimum Gasteiger partial charge on any atom is -0.381 e. The lowest BCUT2D eigenvalue weighted by atomic mass is 10.1. The van der Waals surface area contributed by atoms with E-state index in [4.69, 9.17) is 0 Å². The molecular formula is C15H22N4O. The van der Waals surface area contributed by atoms with Crippen molar-refractivity contribution in [2.24, 2.45) is 0 Å². The molecule has 0 saturated carbocycles. The minimum atomic E-state index is -0.106. The van der Waals surface area contributed by atoms with E-state index in [9.17, 15) is 4.79 Å². The van der Waals surface area contributed by atoms with Crippen LogP contribution in [0.5, 0.6) is 0 Å². The Morgan fingerprint density at radius 2 is 2.35 bits per heavy atom. The monoisotopic (exact) mass is 274 g/mol. The molecule has 1 aromatic heterocycles. The van der Waals surface area contributed by atoms with Crippen LogP contribution < -0.4 is 10.6 Å². The molecule has 0 spiro atoms. The van der Waals surface area contributed by atoms with E-state index in [1.807, 2.05) is 19.1 Å². The van der Waals surface area contributed by atoms with Gasteiger partial charge >= 0.3 is 0 Å². The highest BCUT2D eigenvalue weighted by Crippen LogP contribution is 2.30. The van der Waals surface area contributed by atoms with E-state index in [0.29, 0.717) is 24.3 Å². The summed E-state index contributed by atoms with van der Waals surface area (Å²) in [7, 11) is 0. The molecule has 0 radical (unpaired) electrons. The summed E-state index contributed by atoms with van der Waals surface area (Å²) in [4.78, 5) is 18.5. The van der Waals surface area contributed by atoms with Crippen LogP contribution in [0.4, 0.5) is 5.69 Å². The van der Waals surface area contributed by atoms with Gasteiger partial charge in [-0.2, -0.15) is 0 Å². The third kappa shape index (κ3) is 2.63. The molecule has 2 unspecified atom stereocenters. The van der Waals surface area contributed by atoms with Crippen molar-refractivity contribution in [1.82, 2.24) is 15.2 Å². The van der Waals surface area contributed by atoms with Crippen LogP contribution in [0, 0.1) is 0 Å². The maximum Gasteiger partial charge on any atom is 0.269 e. The number of hydrogen-bond acceptors (Lipinski definition) is 4. The number of fused-ring (bicyclic) bond motifs is 1. The van der Waals surface area contributed by atoms with Crippen molar-refractivity contribution in [2.75, 3.05) is 25.0 Å². The first-order chi connectivity index (χ1) is 9.78. The Kier molecular flexibility index (Phi) is 3.87. The van der Waals surface area contributed by atoms with Gasteiger partial charge in [-0.3, -0.25) is 14.7 Å². The summed E-state index contributed by atoms with van der Waals surface area (Å²) in [6.45, 7) is 4.96. The number of anilines is 1. The van der Waals surface area contributed by atoms with Crippen LogP contribution in [0.15, 0.2) is 18.3 Å². The van der Waals surface area contributed by atoms with Crippen LogP contribution in [-0.4, -0.2) is 47.5 Å². The molecule has 1 aromatic rings. The smallest absolute Gasteiger partial charge is 0.269 e. The van der Waals surface area contributed by atoms with E-state index in [1.54, 1.807) is 6.20 Å². The average molecular weight is 274 g/mol. The maximum atomic E-state index is 11.8. The molecule has 108 valence electrons. The van der Waals surface area contributed by atoms with Crippen molar-refractivity contribution in [2.45, 2.75) is 38.3 Å². The molecule has 2 aliphatic rings. The molecule has 2 fully saturated rings. The largest absolute Gasteiger partial charge is 0.381 e. The van der Waals surface area contributed by atoms with E-state index in [-0.39, 0.29) is 5.91 Å². The van der Waals surface area contributed by atoms with Gasteiger partial charge in [0, 0.05) is 37.1 Å². The number of nitrogens with one attached hydrogen (secondary N) is 2. The van der Waals surface area contributed by atoms with E-state index >= 15 is 0 Å². The van der Waals surface area contributed by atoms with Crippen molar-refractivity contribution in [3.63, 3.8) is 0 Å². The topological polar surface area (TPSA) is 57.3 Å². The van der Waals surface area contributed by atoms with Crippen molar-refractivity contribution >= 4 is 11.6 Å². The van der Waals surface area contributed by atoms with Crippen molar-refractivity contribution in [3.8, 4) is 0 Å². The molecular weight excluding hydrogens is 252 g/mol. The summed E-state index contributed by atoms with van der Waals surface area (Å²) >= 11 is 0.